The van der Waals surface area contributed by atoms with Crippen molar-refractivity contribution in [2.75, 3.05) is 24.2 Å². The molecule has 1 aromatic heterocycles. The highest BCUT2D eigenvalue weighted by Crippen LogP contribution is 2.19. The zero-order valence-electron chi connectivity index (χ0n) is 9.41. The fraction of sp³-hybridized carbons (Fsp3) is 0.545. The molecule has 16 heavy (non-hydrogen) atoms. The number of nitrogens with zero attached hydrogens (tertiary/aromatic N) is 1. The van der Waals surface area contributed by atoms with E-state index in [0.717, 1.165) is 19.4 Å². The van der Waals surface area contributed by atoms with E-state index in [4.69, 9.17) is 22.4 Å². The Hall–Kier alpha value is -1.00. The Morgan fingerprint density at radius 3 is 2.94 bits per heavy atom. The van der Waals surface area contributed by atoms with Crippen molar-refractivity contribution in [2.24, 2.45) is 5.92 Å². The Kier molecular flexibility index (Phi) is 5.35. The molecule has 0 spiro atoms. The summed E-state index contributed by atoms with van der Waals surface area (Å²) >= 11 is 5.78. The van der Waals surface area contributed by atoms with Gasteiger partial charge in [0.1, 0.15) is 5.15 Å². The van der Waals surface area contributed by atoms with E-state index in [2.05, 4.69) is 17.2 Å². The van der Waals surface area contributed by atoms with Crippen LogP contribution in [0.4, 0.5) is 11.5 Å². The summed E-state index contributed by atoms with van der Waals surface area (Å²) in [5, 5.41) is 12.5. The lowest BCUT2D eigenvalue weighted by Gasteiger charge is -2.15. The predicted molar refractivity (Wildman–Crippen MR) is 67.6 cm³/mol. The summed E-state index contributed by atoms with van der Waals surface area (Å²) in [6.07, 6.45) is 1.79. The fourth-order valence-corrected chi connectivity index (χ4v) is 1.61. The van der Waals surface area contributed by atoms with Gasteiger partial charge in [-0.3, -0.25) is 0 Å². The van der Waals surface area contributed by atoms with Gasteiger partial charge in [0.2, 0.25) is 0 Å². The van der Waals surface area contributed by atoms with Crippen LogP contribution in [-0.4, -0.2) is 23.2 Å². The third-order valence-corrected chi connectivity index (χ3v) is 2.78. The minimum Gasteiger partial charge on any atom is -0.396 e. The summed E-state index contributed by atoms with van der Waals surface area (Å²) in [5.74, 6) is 1.04. The van der Waals surface area contributed by atoms with E-state index in [-0.39, 0.29) is 6.61 Å². The topological polar surface area (TPSA) is 71.2 Å². The van der Waals surface area contributed by atoms with E-state index >= 15 is 0 Å². The number of hydrogen-bond donors (Lipinski definition) is 3. The summed E-state index contributed by atoms with van der Waals surface area (Å²) in [4.78, 5) is 4.11. The summed E-state index contributed by atoms with van der Waals surface area (Å²) in [7, 11) is 0. The molecule has 1 atom stereocenters. The molecule has 0 radical (unpaired) electrons. The predicted octanol–water partition coefficient (Wildman–Crippen LogP) is 2.14. The van der Waals surface area contributed by atoms with Crippen molar-refractivity contribution in [2.45, 2.75) is 19.8 Å². The molecule has 4 N–H and O–H groups in total. The first-order valence-electron chi connectivity index (χ1n) is 5.44. The summed E-state index contributed by atoms with van der Waals surface area (Å²) in [6, 6.07) is 3.39. The highest BCUT2D eigenvalue weighted by atomic mass is 35.5. The van der Waals surface area contributed by atoms with Crippen LogP contribution in [0.25, 0.3) is 0 Å². The number of nitrogens with one attached hydrogen (secondary N) is 1. The van der Waals surface area contributed by atoms with Gasteiger partial charge in [0.05, 0.1) is 5.69 Å². The minimum atomic E-state index is 0.207. The molecular formula is C11H18ClN3O. The highest BCUT2D eigenvalue weighted by molar-refractivity contribution is 6.29. The van der Waals surface area contributed by atoms with E-state index in [1.807, 2.05) is 0 Å². The molecule has 4 nitrogen and oxygen atoms in total. The Morgan fingerprint density at radius 1 is 1.56 bits per heavy atom. The molecular weight excluding hydrogens is 226 g/mol. The van der Waals surface area contributed by atoms with E-state index in [1.165, 1.54) is 0 Å². The second kappa shape index (κ2) is 6.55. The van der Waals surface area contributed by atoms with Crippen LogP contribution < -0.4 is 11.1 Å². The minimum absolute atomic E-state index is 0.207. The SMILES string of the molecule is CCC(CCO)CNc1nc(Cl)ccc1N. The Labute approximate surface area is 101 Å². The quantitative estimate of drug-likeness (QED) is 0.670. The van der Waals surface area contributed by atoms with Crippen LogP contribution >= 0.6 is 11.6 Å². The number of nitrogen functional groups attached to an aromatic ring is 1. The van der Waals surface area contributed by atoms with Gasteiger partial charge >= 0.3 is 0 Å². The molecule has 90 valence electrons. The maximum absolute atomic E-state index is 8.87. The second-order valence-corrected chi connectivity index (χ2v) is 4.13. The molecule has 1 heterocycles. The number of aliphatic hydroxyl groups is 1. The third kappa shape index (κ3) is 3.87. The molecule has 0 aliphatic heterocycles. The normalized spacial score (nSPS) is 12.4. The van der Waals surface area contributed by atoms with Gasteiger partial charge in [-0.15, -0.1) is 0 Å². The lowest BCUT2D eigenvalue weighted by molar-refractivity contribution is 0.258. The van der Waals surface area contributed by atoms with Crippen molar-refractivity contribution in [3.8, 4) is 0 Å². The molecule has 1 unspecified atom stereocenters. The third-order valence-electron chi connectivity index (χ3n) is 2.57. The number of hydrogen-bond acceptors (Lipinski definition) is 4. The Balaban J connectivity index is 2.55. The number of aromatic nitrogens is 1. The van der Waals surface area contributed by atoms with E-state index in [0.29, 0.717) is 22.6 Å². The Morgan fingerprint density at radius 2 is 2.31 bits per heavy atom. The van der Waals surface area contributed by atoms with Crippen molar-refractivity contribution in [1.29, 1.82) is 0 Å². The molecule has 0 amide bonds. The van der Waals surface area contributed by atoms with Gasteiger partial charge in [0.15, 0.2) is 5.82 Å². The summed E-state index contributed by atoms with van der Waals surface area (Å²) < 4.78 is 0. The van der Waals surface area contributed by atoms with Gasteiger partial charge in [-0.1, -0.05) is 24.9 Å². The van der Waals surface area contributed by atoms with Crippen LogP contribution in [0, 0.1) is 5.92 Å². The zero-order chi connectivity index (χ0) is 12.0. The number of rotatable bonds is 6. The molecule has 0 saturated heterocycles. The van der Waals surface area contributed by atoms with Crippen LogP contribution in [0.3, 0.4) is 0 Å². The van der Waals surface area contributed by atoms with Gasteiger partial charge in [-0.2, -0.15) is 0 Å². The van der Waals surface area contributed by atoms with Crippen LogP contribution in [0.2, 0.25) is 5.15 Å². The van der Waals surface area contributed by atoms with Crippen molar-refractivity contribution < 1.29 is 5.11 Å². The number of halogens is 1. The number of anilines is 2. The summed E-state index contributed by atoms with van der Waals surface area (Å²) in [6.45, 7) is 3.05. The molecule has 0 aromatic carbocycles. The average molecular weight is 244 g/mol. The monoisotopic (exact) mass is 243 g/mol. The van der Waals surface area contributed by atoms with E-state index < -0.39 is 0 Å². The van der Waals surface area contributed by atoms with Crippen molar-refractivity contribution >= 4 is 23.1 Å². The van der Waals surface area contributed by atoms with Crippen LogP contribution in [0.1, 0.15) is 19.8 Å². The van der Waals surface area contributed by atoms with E-state index in [9.17, 15) is 0 Å². The van der Waals surface area contributed by atoms with E-state index in [1.54, 1.807) is 12.1 Å². The molecule has 0 aliphatic carbocycles. The molecule has 5 heteroatoms. The Bertz CT molecular complexity index is 333. The number of pyridine rings is 1. The van der Waals surface area contributed by atoms with Gasteiger partial charge in [-0.05, 0) is 24.5 Å². The molecule has 0 saturated carbocycles. The fourth-order valence-electron chi connectivity index (χ4n) is 1.46. The highest BCUT2D eigenvalue weighted by Gasteiger charge is 2.07. The molecule has 0 fully saturated rings. The standard InChI is InChI=1S/C11H18ClN3O/c1-2-8(5-6-16)7-14-11-9(13)3-4-10(12)15-11/h3-4,8,16H,2,5-7,13H2,1H3,(H,14,15). The molecule has 0 aliphatic rings. The first kappa shape index (κ1) is 13.1. The number of aliphatic hydroxyl groups excluding tert-OH is 1. The van der Waals surface area contributed by atoms with Crippen molar-refractivity contribution in [1.82, 2.24) is 4.98 Å². The number of nitrogens with two attached hydrogens (primary N) is 1. The molecule has 1 rings (SSSR count). The summed E-state index contributed by atoms with van der Waals surface area (Å²) in [5.41, 5.74) is 6.34. The van der Waals surface area contributed by atoms with Gasteiger partial charge in [0, 0.05) is 13.2 Å². The zero-order valence-corrected chi connectivity index (χ0v) is 10.2. The smallest absolute Gasteiger partial charge is 0.150 e. The van der Waals surface area contributed by atoms with Crippen LogP contribution in [-0.2, 0) is 0 Å². The van der Waals surface area contributed by atoms with Crippen molar-refractivity contribution in [3.05, 3.63) is 17.3 Å². The maximum Gasteiger partial charge on any atom is 0.150 e. The van der Waals surface area contributed by atoms with Gasteiger partial charge in [-0.25, -0.2) is 4.98 Å². The lowest BCUT2D eigenvalue weighted by atomic mass is 10.0. The van der Waals surface area contributed by atoms with Gasteiger partial charge < -0.3 is 16.2 Å². The largest absolute Gasteiger partial charge is 0.396 e. The first-order chi connectivity index (χ1) is 7.67. The van der Waals surface area contributed by atoms with Crippen LogP contribution in [0.15, 0.2) is 12.1 Å². The lowest BCUT2D eigenvalue weighted by Crippen LogP contribution is -2.16. The van der Waals surface area contributed by atoms with Gasteiger partial charge in [0.25, 0.3) is 0 Å². The molecule has 1 aromatic rings. The first-order valence-corrected chi connectivity index (χ1v) is 5.82. The van der Waals surface area contributed by atoms with Crippen LogP contribution in [0.5, 0.6) is 0 Å². The average Bonchev–Trinajstić information content (AvgIpc) is 2.28. The molecule has 0 bridgehead atoms. The van der Waals surface area contributed by atoms with Crippen molar-refractivity contribution in [3.63, 3.8) is 0 Å². The second-order valence-electron chi connectivity index (χ2n) is 3.74. The maximum atomic E-state index is 8.87.